The molecule has 1 aromatic carbocycles. The molecule has 1 amide bonds. The van der Waals surface area contributed by atoms with Crippen molar-refractivity contribution in [2.45, 2.75) is 31.6 Å². The Morgan fingerprint density at radius 3 is 2.67 bits per heavy atom. The fourth-order valence-electron chi connectivity index (χ4n) is 2.22. The lowest BCUT2D eigenvalue weighted by Crippen LogP contribution is -2.21. The summed E-state index contributed by atoms with van der Waals surface area (Å²) < 4.78 is 0. The van der Waals surface area contributed by atoms with Gasteiger partial charge in [0.15, 0.2) is 0 Å². The molecule has 2 nitrogen and oxygen atoms in total. The number of benzene rings is 1. The lowest BCUT2D eigenvalue weighted by molar-refractivity contribution is -0.116. The van der Waals surface area contributed by atoms with Crippen LogP contribution < -0.4 is 4.90 Å². The first-order valence-electron chi connectivity index (χ1n) is 5.60. The van der Waals surface area contributed by atoms with Gasteiger partial charge in [-0.05, 0) is 36.8 Å². The van der Waals surface area contributed by atoms with E-state index in [0.717, 1.165) is 12.1 Å². The molecule has 3 rings (SSSR count). The molecular weight excluding hydrogens is 186 g/mol. The Labute approximate surface area is 89.9 Å². The number of amides is 1. The largest absolute Gasteiger partial charge is 0.307 e. The Kier molecular flexibility index (Phi) is 2.01. The molecule has 1 aliphatic heterocycles. The Morgan fingerprint density at radius 1 is 1.20 bits per heavy atom. The SMILES string of the molecule is O=C1CC[CH]N1c1ccccc1C1CC1. The maximum Gasteiger partial charge on any atom is 0.227 e. The minimum Gasteiger partial charge on any atom is -0.307 e. The summed E-state index contributed by atoms with van der Waals surface area (Å²) >= 11 is 0. The van der Waals surface area contributed by atoms with Gasteiger partial charge in [-0.2, -0.15) is 0 Å². The Bertz CT molecular complexity index is 395. The van der Waals surface area contributed by atoms with Crippen LogP contribution >= 0.6 is 0 Å². The highest BCUT2D eigenvalue weighted by molar-refractivity contribution is 5.97. The van der Waals surface area contributed by atoms with Crippen LogP contribution in [0.5, 0.6) is 0 Å². The third-order valence-corrected chi connectivity index (χ3v) is 3.15. The number of hydrogen-bond donors (Lipinski definition) is 0. The molecule has 1 radical (unpaired) electrons. The minimum absolute atomic E-state index is 0.239. The number of carbonyl (C=O) groups excluding carboxylic acids is 1. The summed E-state index contributed by atoms with van der Waals surface area (Å²) in [7, 11) is 0. The third-order valence-electron chi connectivity index (χ3n) is 3.15. The molecule has 1 aliphatic carbocycles. The van der Waals surface area contributed by atoms with Crippen molar-refractivity contribution in [1.82, 2.24) is 0 Å². The second kappa shape index (κ2) is 3.37. The Hall–Kier alpha value is -1.31. The normalized spacial score (nSPS) is 21.1. The molecule has 1 saturated carbocycles. The molecule has 0 aromatic heterocycles. The molecule has 15 heavy (non-hydrogen) atoms. The lowest BCUT2D eigenvalue weighted by Gasteiger charge is -2.18. The molecule has 2 heteroatoms. The van der Waals surface area contributed by atoms with E-state index in [0.29, 0.717) is 12.3 Å². The summed E-state index contributed by atoms with van der Waals surface area (Å²) in [5, 5.41) is 0. The van der Waals surface area contributed by atoms with E-state index in [4.69, 9.17) is 0 Å². The van der Waals surface area contributed by atoms with E-state index in [1.807, 2.05) is 17.5 Å². The van der Waals surface area contributed by atoms with E-state index in [9.17, 15) is 4.79 Å². The van der Waals surface area contributed by atoms with E-state index in [1.54, 1.807) is 0 Å². The number of nitrogens with zero attached hydrogens (tertiary/aromatic N) is 1. The van der Waals surface area contributed by atoms with Gasteiger partial charge in [-0.1, -0.05) is 18.2 Å². The molecule has 1 heterocycles. The number of rotatable bonds is 2. The molecule has 77 valence electrons. The molecule has 0 N–H and O–H groups in total. The summed E-state index contributed by atoms with van der Waals surface area (Å²) in [5.74, 6) is 0.936. The van der Waals surface area contributed by atoms with Crippen LogP contribution in [0, 0.1) is 6.54 Å². The van der Waals surface area contributed by atoms with Gasteiger partial charge in [-0.15, -0.1) is 0 Å². The van der Waals surface area contributed by atoms with Crippen LogP contribution in [-0.2, 0) is 4.79 Å². The van der Waals surface area contributed by atoms with Crippen LogP contribution in [0.2, 0.25) is 0 Å². The fourth-order valence-corrected chi connectivity index (χ4v) is 2.22. The van der Waals surface area contributed by atoms with Gasteiger partial charge >= 0.3 is 0 Å². The first-order valence-corrected chi connectivity index (χ1v) is 5.60. The van der Waals surface area contributed by atoms with E-state index < -0.39 is 0 Å². The molecule has 0 spiro atoms. The zero-order chi connectivity index (χ0) is 10.3. The van der Waals surface area contributed by atoms with Crippen LogP contribution in [0.25, 0.3) is 0 Å². The lowest BCUT2D eigenvalue weighted by atomic mass is 10.1. The molecule has 0 atom stereocenters. The van der Waals surface area contributed by atoms with Crippen molar-refractivity contribution in [2.75, 3.05) is 4.90 Å². The molecule has 2 aliphatic rings. The Morgan fingerprint density at radius 2 is 2.00 bits per heavy atom. The van der Waals surface area contributed by atoms with Gasteiger partial charge in [0.1, 0.15) is 0 Å². The van der Waals surface area contributed by atoms with Crippen molar-refractivity contribution in [3.63, 3.8) is 0 Å². The van der Waals surface area contributed by atoms with Crippen LogP contribution in [0.4, 0.5) is 5.69 Å². The van der Waals surface area contributed by atoms with E-state index >= 15 is 0 Å². The highest BCUT2D eigenvalue weighted by atomic mass is 16.2. The van der Waals surface area contributed by atoms with E-state index in [-0.39, 0.29) is 5.91 Å². The summed E-state index contributed by atoms with van der Waals surface area (Å²) in [6.45, 7) is 2.02. The molecule has 0 unspecified atom stereocenters. The molecule has 2 fully saturated rings. The van der Waals surface area contributed by atoms with Crippen LogP contribution in [0.1, 0.15) is 37.2 Å². The van der Waals surface area contributed by atoms with Crippen LogP contribution in [0.3, 0.4) is 0 Å². The fraction of sp³-hybridized carbons (Fsp3) is 0.385. The van der Waals surface area contributed by atoms with Crippen LogP contribution in [0.15, 0.2) is 24.3 Å². The van der Waals surface area contributed by atoms with Crippen molar-refractivity contribution in [3.05, 3.63) is 36.4 Å². The first kappa shape index (κ1) is 8.96. The smallest absolute Gasteiger partial charge is 0.227 e. The predicted molar refractivity (Wildman–Crippen MR) is 59.4 cm³/mol. The number of hydrogen-bond acceptors (Lipinski definition) is 1. The van der Waals surface area contributed by atoms with Gasteiger partial charge in [0.05, 0.1) is 6.54 Å². The van der Waals surface area contributed by atoms with Crippen molar-refractivity contribution >= 4 is 11.6 Å². The van der Waals surface area contributed by atoms with Crippen molar-refractivity contribution in [3.8, 4) is 0 Å². The highest BCUT2D eigenvalue weighted by Crippen LogP contribution is 2.45. The zero-order valence-corrected chi connectivity index (χ0v) is 8.65. The zero-order valence-electron chi connectivity index (χ0n) is 8.65. The maximum absolute atomic E-state index is 11.7. The van der Waals surface area contributed by atoms with Gasteiger partial charge in [0.25, 0.3) is 0 Å². The third kappa shape index (κ3) is 1.54. The monoisotopic (exact) mass is 200 g/mol. The summed E-state index contributed by atoms with van der Waals surface area (Å²) in [6, 6.07) is 8.30. The molecule has 1 saturated heterocycles. The number of carbonyl (C=O) groups is 1. The van der Waals surface area contributed by atoms with Crippen molar-refractivity contribution < 1.29 is 4.79 Å². The van der Waals surface area contributed by atoms with Crippen molar-refractivity contribution in [1.29, 1.82) is 0 Å². The summed E-state index contributed by atoms with van der Waals surface area (Å²) in [4.78, 5) is 13.5. The molecule has 1 aromatic rings. The summed E-state index contributed by atoms with van der Waals surface area (Å²) in [6.07, 6.45) is 4.11. The quantitative estimate of drug-likeness (QED) is 0.718. The maximum atomic E-state index is 11.7. The summed E-state index contributed by atoms with van der Waals surface area (Å²) in [5.41, 5.74) is 2.46. The number of para-hydroxylation sites is 1. The van der Waals surface area contributed by atoms with Gasteiger partial charge in [0, 0.05) is 12.1 Å². The second-order valence-electron chi connectivity index (χ2n) is 4.32. The Balaban J connectivity index is 1.98. The van der Waals surface area contributed by atoms with Gasteiger partial charge in [0.2, 0.25) is 5.91 Å². The highest BCUT2D eigenvalue weighted by Gasteiger charge is 2.30. The standard InChI is InChI=1S/C13H14NO/c15-13-6-3-9-14(13)12-5-2-1-4-11(12)10-7-8-10/h1-2,4-5,9-10H,3,6-8H2. The van der Waals surface area contributed by atoms with Crippen LogP contribution in [-0.4, -0.2) is 5.91 Å². The van der Waals surface area contributed by atoms with Gasteiger partial charge < -0.3 is 4.90 Å². The first-order chi connectivity index (χ1) is 7.36. The second-order valence-corrected chi connectivity index (χ2v) is 4.32. The topological polar surface area (TPSA) is 20.3 Å². The average Bonchev–Trinajstić information content (AvgIpc) is 3.02. The van der Waals surface area contributed by atoms with Gasteiger partial charge in [-0.3, -0.25) is 4.79 Å². The minimum atomic E-state index is 0.239. The number of anilines is 1. The van der Waals surface area contributed by atoms with Gasteiger partial charge in [-0.25, -0.2) is 0 Å². The van der Waals surface area contributed by atoms with Crippen molar-refractivity contribution in [2.24, 2.45) is 0 Å². The average molecular weight is 200 g/mol. The van der Waals surface area contributed by atoms with E-state index in [2.05, 4.69) is 18.2 Å². The molecular formula is C13H14NO. The van der Waals surface area contributed by atoms with E-state index in [1.165, 1.54) is 18.4 Å². The molecule has 0 bridgehead atoms. The predicted octanol–water partition coefficient (Wildman–Crippen LogP) is 2.85.